The van der Waals surface area contributed by atoms with Gasteiger partial charge in [0.1, 0.15) is 11.5 Å². The van der Waals surface area contributed by atoms with Crippen molar-refractivity contribution in [2.75, 3.05) is 33.9 Å². The highest BCUT2D eigenvalue weighted by Crippen LogP contribution is 2.23. The van der Waals surface area contributed by atoms with Crippen LogP contribution in [-0.2, 0) is 0 Å². The van der Waals surface area contributed by atoms with E-state index >= 15 is 0 Å². The van der Waals surface area contributed by atoms with Crippen molar-refractivity contribution in [2.24, 2.45) is 5.92 Å². The van der Waals surface area contributed by atoms with E-state index in [9.17, 15) is 4.79 Å². The highest BCUT2D eigenvalue weighted by Gasteiger charge is 2.22. The summed E-state index contributed by atoms with van der Waals surface area (Å²) in [6.07, 6.45) is 2.00. The summed E-state index contributed by atoms with van der Waals surface area (Å²) in [5, 5.41) is 3.13. The molecular formula is C18H28N2O3. The highest BCUT2D eigenvalue weighted by atomic mass is 16.5. The van der Waals surface area contributed by atoms with E-state index in [4.69, 9.17) is 9.47 Å². The topological polar surface area (TPSA) is 50.8 Å². The first-order chi connectivity index (χ1) is 11.0. The smallest absolute Gasteiger partial charge is 0.251 e. The molecule has 1 fully saturated rings. The first-order valence-corrected chi connectivity index (χ1v) is 8.28. The molecule has 23 heavy (non-hydrogen) atoms. The van der Waals surface area contributed by atoms with Gasteiger partial charge in [-0.25, -0.2) is 0 Å². The summed E-state index contributed by atoms with van der Waals surface area (Å²) < 4.78 is 10.4. The fourth-order valence-corrected chi connectivity index (χ4v) is 2.98. The van der Waals surface area contributed by atoms with Crippen molar-refractivity contribution >= 4 is 5.91 Å². The van der Waals surface area contributed by atoms with Gasteiger partial charge in [-0.05, 0) is 30.9 Å². The molecule has 1 aromatic rings. The number of nitrogens with one attached hydrogen (secondary N) is 1. The summed E-state index contributed by atoms with van der Waals surface area (Å²) in [6.45, 7) is 7.71. The van der Waals surface area contributed by atoms with Crippen molar-refractivity contribution in [1.29, 1.82) is 0 Å². The van der Waals surface area contributed by atoms with Crippen molar-refractivity contribution in [1.82, 2.24) is 10.2 Å². The minimum Gasteiger partial charge on any atom is -0.497 e. The zero-order valence-electron chi connectivity index (χ0n) is 14.6. The van der Waals surface area contributed by atoms with Crippen molar-refractivity contribution in [3.8, 4) is 11.5 Å². The second-order valence-electron chi connectivity index (χ2n) is 6.54. The molecule has 1 aliphatic rings. The Hall–Kier alpha value is -1.75. The molecule has 5 heteroatoms. The van der Waals surface area contributed by atoms with Crippen LogP contribution < -0.4 is 14.8 Å². The maximum absolute atomic E-state index is 12.5. The number of nitrogens with zero attached hydrogens (tertiary/aromatic N) is 1. The lowest BCUT2D eigenvalue weighted by Gasteiger charge is -2.33. The van der Waals surface area contributed by atoms with E-state index in [2.05, 4.69) is 24.1 Å². The third-order valence-corrected chi connectivity index (χ3v) is 4.16. The van der Waals surface area contributed by atoms with Crippen LogP contribution in [0.15, 0.2) is 18.2 Å². The Bertz CT molecular complexity index is 501. The summed E-state index contributed by atoms with van der Waals surface area (Å²) in [7, 11) is 3.17. The van der Waals surface area contributed by atoms with Gasteiger partial charge in [0.15, 0.2) is 0 Å². The van der Waals surface area contributed by atoms with Crippen LogP contribution in [-0.4, -0.2) is 50.7 Å². The predicted octanol–water partition coefficient (Wildman–Crippen LogP) is 2.55. The zero-order chi connectivity index (χ0) is 16.8. The standard InChI is InChI=1S/C18H28N2O3/c1-13(2)12-20-7-5-15(6-8-20)19-18(21)14-9-16(22-3)11-17(10-14)23-4/h9-11,13,15H,5-8,12H2,1-4H3,(H,19,21). The lowest BCUT2D eigenvalue weighted by Crippen LogP contribution is -2.45. The lowest BCUT2D eigenvalue weighted by molar-refractivity contribution is 0.0906. The maximum atomic E-state index is 12.5. The second-order valence-corrected chi connectivity index (χ2v) is 6.54. The molecule has 1 saturated heterocycles. The van der Waals surface area contributed by atoms with E-state index in [1.54, 1.807) is 32.4 Å². The highest BCUT2D eigenvalue weighted by molar-refractivity contribution is 5.95. The maximum Gasteiger partial charge on any atom is 0.251 e. The molecule has 5 nitrogen and oxygen atoms in total. The van der Waals surface area contributed by atoms with Gasteiger partial charge in [0.05, 0.1) is 14.2 Å². The molecule has 1 aliphatic heterocycles. The van der Waals surface area contributed by atoms with E-state index in [1.807, 2.05) is 0 Å². The van der Waals surface area contributed by atoms with Gasteiger partial charge in [0, 0.05) is 37.3 Å². The van der Waals surface area contributed by atoms with E-state index in [0.717, 1.165) is 32.5 Å². The number of carbonyl (C=O) groups excluding carboxylic acids is 1. The third kappa shape index (κ3) is 5.13. The first-order valence-electron chi connectivity index (χ1n) is 8.28. The minimum absolute atomic E-state index is 0.0653. The monoisotopic (exact) mass is 320 g/mol. The van der Waals surface area contributed by atoms with Gasteiger partial charge in [-0.2, -0.15) is 0 Å². The van der Waals surface area contributed by atoms with Gasteiger partial charge >= 0.3 is 0 Å². The second kappa shape index (κ2) is 8.20. The van der Waals surface area contributed by atoms with Gasteiger partial charge in [0.2, 0.25) is 0 Å². The molecule has 2 rings (SSSR count). The van der Waals surface area contributed by atoms with E-state index in [0.29, 0.717) is 23.0 Å². The molecule has 0 atom stereocenters. The Morgan fingerprint density at radius 2 is 1.74 bits per heavy atom. The molecule has 0 unspecified atom stereocenters. The van der Waals surface area contributed by atoms with Gasteiger partial charge in [-0.1, -0.05) is 13.8 Å². The van der Waals surface area contributed by atoms with Crippen LogP contribution >= 0.6 is 0 Å². The van der Waals surface area contributed by atoms with E-state index < -0.39 is 0 Å². The predicted molar refractivity (Wildman–Crippen MR) is 91.3 cm³/mol. The molecule has 0 spiro atoms. The van der Waals surface area contributed by atoms with Crippen LogP contribution in [0.3, 0.4) is 0 Å². The summed E-state index contributed by atoms with van der Waals surface area (Å²) >= 11 is 0. The molecule has 1 amide bonds. The number of rotatable bonds is 6. The quantitative estimate of drug-likeness (QED) is 0.875. The van der Waals surface area contributed by atoms with E-state index in [1.165, 1.54) is 0 Å². The van der Waals surface area contributed by atoms with Crippen LogP contribution in [0.5, 0.6) is 11.5 Å². The van der Waals surface area contributed by atoms with Crippen molar-refractivity contribution in [3.05, 3.63) is 23.8 Å². The van der Waals surface area contributed by atoms with Crippen LogP contribution in [0, 0.1) is 5.92 Å². The Labute approximate surface area is 139 Å². The van der Waals surface area contributed by atoms with Crippen LogP contribution in [0.4, 0.5) is 0 Å². The molecule has 128 valence electrons. The average Bonchev–Trinajstić information content (AvgIpc) is 2.55. The van der Waals surface area contributed by atoms with E-state index in [-0.39, 0.29) is 11.9 Å². The summed E-state index contributed by atoms with van der Waals surface area (Å²) in [5.41, 5.74) is 0.575. The largest absolute Gasteiger partial charge is 0.497 e. The Kier molecular flexibility index (Phi) is 6.28. The van der Waals surface area contributed by atoms with Crippen molar-refractivity contribution < 1.29 is 14.3 Å². The minimum atomic E-state index is -0.0653. The number of amides is 1. The third-order valence-electron chi connectivity index (χ3n) is 4.16. The molecular weight excluding hydrogens is 292 g/mol. The molecule has 1 N–H and O–H groups in total. The summed E-state index contributed by atoms with van der Waals surface area (Å²) in [4.78, 5) is 14.9. The molecule has 0 aromatic heterocycles. The fraction of sp³-hybridized carbons (Fsp3) is 0.611. The summed E-state index contributed by atoms with van der Waals surface area (Å²) in [5.74, 6) is 1.87. The molecule has 0 saturated carbocycles. The number of carbonyl (C=O) groups is 1. The zero-order valence-corrected chi connectivity index (χ0v) is 14.6. The fourth-order valence-electron chi connectivity index (χ4n) is 2.98. The molecule has 1 heterocycles. The summed E-state index contributed by atoms with van der Waals surface area (Å²) in [6, 6.07) is 5.49. The molecule has 0 aliphatic carbocycles. The molecule has 1 aromatic carbocycles. The van der Waals surface area contributed by atoms with Crippen LogP contribution in [0.25, 0.3) is 0 Å². The average molecular weight is 320 g/mol. The Balaban J connectivity index is 1.92. The van der Waals surface area contributed by atoms with Crippen molar-refractivity contribution in [3.63, 3.8) is 0 Å². The van der Waals surface area contributed by atoms with Crippen LogP contribution in [0.1, 0.15) is 37.0 Å². The van der Waals surface area contributed by atoms with Crippen molar-refractivity contribution in [2.45, 2.75) is 32.7 Å². The number of benzene rings is 1. The van der Waals surface area contributed by atoms with Gasteiger partial charge in [-0.3, -0.25) is 4.79 Å². The normalized spacial score (nSPS) is 16.4. The number of ether oxygens (including phenoxy) is 2. The number of likely N-dealkylation sites (tertiary alicyclic amines) is 1. The first kappa shape index (κ1) is 17.6. The molecule has 0 bridgehead atoms. The van der Waals surface area contributed by atoms with Gasteiger partial charge in [0.25, 0.3) is 5.91 Å². The number of hydrogen-bond donors (Lipinski definition) is 1. The van der Waals surface area contributed by atoms with Gasteiger partial charge in [-0.15, -0.1) is 0 Å². The number of methoxy groups -OCH3 is 2. The molecule has 0 radical (unpaired) electrons. The Morgan fingerprint density at radius 1 is 1.17 bits per heavy atom. The van der Waals surface area contributed by atoms with Gasteiger partial charge < -0.3 is 19.7 Å². The SMILES string of the molecule is COc1cc(OC)cc(C(=O)NC2CCN(CC(C)C)CC2)c1. The number of piperidine rings is 1. The Morgan fingerprint density at radius 3 is 2.22 bits per heavy atom. The van der Waals surface area contributed by atoms with Crippen LogP contribution in [0.2, 0.25) is 0 Å². The number of hydrogen-bond acceptors (Lipinski definition) is 4. The lowest BCUT2D eigenvalue weighted by atomic mass is 10.0.